The SMILES string of the molecule is N#Cc1nc2ccc3nccnc3c2nc1C#N. The lowest BCUT2D eigenvalue weighted by atomic mass is 10.2. The lowest BCUT2D eigenvalue weighted by molar-refractivity contribution is 1.19. The topological polar surface area (TPSA) is 99.1 Å². The Kier molecular flexibility index (Phi) is 2.08. The second-order valence-electron chi connectivity index (χ2n) is 3.50. The lowest BCUT2D eigenvalue weighted by Gasteiger charge is -2.01. The van der Waals surface area contributed by atoms with Gasteiger partial charge in [0.15, 0.2) is 11.4 Å². The molecule has 3 aromatic rings. The van der Waals surface area contributed by atoms with Crippen molar-refractivity contribution in [3.63, 3.8) is 0 Å². The summed E-state index contributed by atoms with van der Waals surface area (Å²) in [6.07, 6.45) is 3.13. The average molecular weight is 232 g/mol. The second kappa shape index (κ2) is 3.72. The van der Waals surface area contributed by atoms with Gasteiger partial charge in [-0.15, -0.1) is 0 Å². The number of nitriles is 2. The molecule has 1 aromatic carbocycles. The van der Waals surface area contributed by atoms with Gasteiger partial charge in [0.25, 0.3) is 0 Å². The first-order valence-corrected chi connectivity index (χ1v) is 5.05. The zero-order chi connectivity index (χ0) is 12.5. The molecular weight excluding hydrogens is 228 g/mol. The molecular formula is C12H4N6. The fourth-order valence-electron chi connectivity index (χ4n) is 1.71. The van der Waals surface area contributed by atoms with Crippen molar-refractivity contribution in [3.8, 4) is 12.1 Å². The van der Waals surface area contributed by atoms with Gasteiger partial charge in [-0.2, -0.15) is 10.5 Å². The first-order valence-electron chi connectivity index (χ1n) is 5.05. The molecule has 0 saturated carbocycles. The van der Waals surface area contributed by atoms with Crippen LogP contribution in [0.15, 0.2) is 24.5 Å². The van der Waals surface area contributed by atoms with E-state index in [0.29, 0.717) is 22.1 Å². The molecule has 2 heterocycles. The van der Waals surface area contributed by atoms with Crippen LogP contribution in [0.1, 0.15) is 11.4 Å². The molecule has 0 aliphatic carbocycles. The Balaban J connectivity index is 2.53. The van der Waals surface area contributed by atoms with E-state index in [9.17, 15) is 0 Å². The van der Waals surface area contributed by atoms with Crippen LogP contribution in [0.3, 0.4) is 0 Å². The average Bonchev–Trinajstić information content (AvgIpc) is 2.45. The Morgan fingerprint density at radius 1 is 0.778 bits per heavy atom. The van der Waals surface area contributed by atoms with E-state index in [1.54, 1.807) is 24.5 Å². The number of fused-ring (bicyclic) bond motifs is 3. The molecule has 0 unspecified atom stereocenters. The molecule has 0 N–H and O–H groups in total. The molecule has 0 radical (unpaired) electrons. The summed E-state index contributed by atoms with van der Waals surface area (Å²) in [7, 11) is 0. The summed E-state index contributed by atoms with van der Waals surface area (Å²) in [5, 5.41) is 17.8. The third-order valence-electron chi connectivity index (χ3n) is 2.48. The summed E-state index contributed by atoms with van der Waals surface area (Å²) in [5.41, 5.74) is 2.28. The molecule has 0 saturated heterocycles. The van der Waals surface area contributed by atoms with Gasteiger partial charge in [-0.1, -0.05) is 0 Å². The predicted molar refractivity (Wildman–Crippen MR) is 62.1 cm³/mol. The molecule has 82 valence electrons. The predicted octanol–water partition coefficient (Wildman–Crippen LogP) is 1.32. The van der Waals surface area contributed by atoms with Crippen LogP contribution in [0.25, 0.3) is 22.1 Å². The molecule has 0 bridgehead atoms. The number of benzene rings is 1. The van der Waals surface area contributed by atoms with Crippen molar-refractivity contribution < 1.29 is 0 Å². The molecule has 6 nitrogen and oxygen atoms in total. The summed E-state index contributed by atoms with van der Waals surface area (Å²) >= 11 is 0. The van der Waals surface area contributed by atoms with Gasteiger partial charge in [-0.3, -0.25) is 9.97 Å². The summed E-state index contributed by atoms with van der Waals surface area (Å²) < 4.78 is 0. The van der Waals surface area contributed by atoms with Crippen LogP contribution in [-0.4, -0.2) is 19.9 Å². The van der Waals surface area contributed by atoms with Crippen molar-refractivity contribution >= 4 is 22.1 Å². The summed E-state index contributed by atoms with van der Waals surface area (Å²) in [5.74, 6) is 0. The van der Waals surface area contributed by atoms with Crippen molar-refractivity contribution in [2.24, 2.45) is 0 Å². The Hall–Kier alpha value is -3.12. The lowest BCUT2D eigenvalue weighted by Crippen LogP contribution is -1.97. The normalized spacial score (nSPS) is 10.1. The molecule has 0 aliphatic rings. The van der Waals surface area contributed by atoms with Gasteiger partial charge in [-0.25, -0.2) is 9.97 Å². The maximum absolute atomic E-state index is 8.94. The standard InChI is InChI=1S/C12H4N6/c13-5-9-10(6-14)18-12-8(17-9)2-1-7-11(12)16-4-3-15-7/h1-4H. The van der Waals surface area contributed by atoms with Gasteiger partial charge in [0.05, 0.1) is 11.0 Å². The van der Waals surface area contributed by atoms with Crippen LogP contribution in [0.5, 0.6) is 0 Å². The fraction of sp³-hybridized carbons (Fsp3) is 0. The minimum absolute atomic E-state index is 0.00292. The van der Waals surface area contributed by atoms with Crippen LogP contribution in [-0.2, 0) is 0 Å². The highest BCUT2D eigenvalue weighted by atomic mass is 14.9. The molecule has 18 heavy (non-hydrogen) atoms. The zero-order valence-electron chi connectivity index (χ0n) is 8.99. The molecule has 0 spiro atoms. The van der Waals surface area contributed by atoms with Gasteiger partial charge in [-0.05, 0) is 12.1 Å². The van der Waals surface area contributed by atoms with E-state index in [4.69, 9.17) is 10.5 Å². The maximum Gasteiger partial charge on any atom is 0.177 e. The molecule has 2 aromatic heterocycles. The minimum Gasteiger partial charge on any atom is -0.253 e. The first-order chi connectivity index (χ1) is 8.83. The van der Waals surface area contributed by atoms with E-state index in [2.05, 4.69) is 19.9 Å². The Labute approximate surface area is 101 Å². The van der Waals surface area contributed by atoms with E-state index >= 15 is 0 Å². The van der Waals surface area contributed by atoms with Gasteiger partial charge in [0.1, 0.15) is 23.2 Å². The number of hydrogen-bond donors (Lipinski definition) is 0. The largest absolute Gasteiger partial charge is 0.253 e. The molecule has 0 amide bonds. The Morgan fingerprint density at radius 3 is 2.22 bits per heavy atom. The van der Waals surface area contributed by atoms with Crippen LogP contribution < -0.4 is 0 Å². The molecule has 0 atom stereocenters. The van der Waals surface area contributed by atoms with Crippen molar-refractivity contribution in [2.75, 3.05) is 0 Å². The molecule has 3 rings (SSSR count). The first kappa shape index (κ1) is 10.1. The van der Waals surface area contributed by atoms with E-state index < -0.39 is 0 Å². The number of rotatable bonds is 0. The highest BCUT2D eigenvalue weighted by molar-refractivity contribution is 5.99. The Morgan fingerprint density at radius 2 is 1.44 bits per heavy atom. The smallest absolute Gasteiger partial charge is 0.177 e. The fourth-order valence-corrected chi connectivity index (χ4v) is 1.71. The van der Waals surface area contributed by atoms with E-state index in [0.717, 1.165) is 0 Å². The molecule has 0 fully saturated rings. The minimum atomic E-state index is 0.00292. The highest BCUT2D eigenvalue weighted by Gasteiger charge is 2.11. The van der Waals surface area contributed by atoms with Crippen LogP contribution in [0.4, 0.5) is 0 Å². The van der Waals surface area contributed by atoms with Crippen LogP contribution in [0.2, 0.25) is 0 Å². The van der Waals surface area contributed by atoms with Crippen LogP contribution >= 0.6 is 0 Å². The highest BCUT2D eigenvalue weighted by Crippen LogP contribution is 2.20. The number of nitrogens with zero attached hydrogens (tertiary/aromatic N) is 6. The second-order valence-corrected chi connectivity index (χ2v) is 3.50. The zero-order valence-corrected chi connectivity index (χ0v) is 8.99. The van der Waals surface area contributed by atoms with Crippen molar-refractivity contribution in [2.45, 2.75) is 0 Å². The summed E-state index contributed by atoms with van der Waals surface area (Å²) in [6, 6.07) is 7.18. The van der Waals surface area contributed by atoms with Gasteiger partial charge >= 0.3 is 0 Å². The van der Waals surface area contributed by atoms with Crippen molar-refractivity contribution in [1.82, 2.24) is 19.9 Å². The van der Waals surface area contributed by atoms with Gasteiger partial charge < -0.3 is 0 Å². The third-order valence-corrected chi connectivity index (χ3v) is 2.48. The quantitative estimate of drug-likeness (QED) is 0.542. The molecule has 0 aliphatic heterocycles. The van der Waals surface area contributed by atoms with Gasteiger partial charge in [0.2, 0.25) is 0 Å². The van der Waals surface area contributed by atoms with Crippen molar-refractivity contribution in [1.29, 1.82) is 10.5 Å². The van der Waals surface area contributed by atoms with Gasteiger partial charge in [0, 0.05) is 12.4 Å². The van der Waals surface area contributed by atoms with E-state index in [1.807, 2.05) is 12.1 Å². The number of aromatic nitrogens is 4. The Bertz CT molecular complexity index is 856. The van der Waals surface area contributed by atoms with E-state index in [-0.39, 0.29) is 11.4 Å². The molecule has 6 heteroatoms. The number of hydrogen-bond acceptors (Lipinski definition) is 6. The summed E-state index contributed by atoms with van der Waals surface area (Å²) in [4.78, 5) is 16.6. The van der Waals surface area contributed by atoms with E-state index in [1.165, 1.54) is 0 Å². The van der Waals surface area contributed by atoms with Crippen molar-refractivity contribution in [3.05, 3.63) is 35.9 Å². The summed E-state index contributed by atoms with van der Waals surface area (Å²) in [6.45, 7) is 0. The maximum atomic E-state index is 8.94. The monoisotopic (exact) mass is 232 g/mol. The third kappa shape index (κ3) is 1.34. The van der Waals surface area contributed by atoms with Crippen LogP contribution in [0, 0.1) is 22.7 Å².